The number of carbonyl (C=O) groups excluding carboxylic acids is 1. The topological polar surface area (TPSA) is 66.8 Å². The molecule has 0 aliphatic carbocycles. The monoisotopic (exact) mass is 353 g/mol. The predicted molar refractivity (Wildman–Crippen MR) is 98.5 cm³/mol. The van der Waals surface area contributed by atoms with Crippen LogP contribution >= 0.6 is 0 Å². The van der Waals surface area contributed by atoms with Crippen molar-refractivity contribution in [1.82, 2.24) is 4.90 Å². The molecular formula is C21H23NO4. The molecule has 0 spiro atoms. The van der Waals surface area contributed by atoms with Gasteiger partial charge in [0.05, 0.1) is 19.1 Å². The fourth-order valence-electron chi connectivity index (χ4n) is 3.54. The molecule has 136 valence electrons. The van der Waals surface area contributed by atoms with Crippen molar-refractivity contribution in [3.05, 3.63) is 65.2 Å². The van der Waals surface area contributed by atoms with E-state index in [-0.39, 0.29) is 17.5 Å². The number of hydrogen-bond acceptors (Lipinski definition) is 3. The van der Waals surface area contributed by atoms with Gasteiger partial charge in [-0.15, -0.1) is 0 Å². The smallest absolute Gasteiger partial charge is 0.335 e. The van der Waals surface area contributed by atoms with E-state index in [1.807, 2.05) is 29.2 Å². The van der Waals surface area contributed by atoms with Gasteiger partial charge in [-0.05, 0) is 48.6 Å². The molecule has 1 N–H and O–H groups in total. The van der Waals surface area contributed by atoms with Gasteiger partial charge in [-0.3, -0.25) is 4.79 Å². The van der Waals surface area contributed by atoms with Crippen molar-refractivity contribution in [3.63, 3.8) is 0 Å². The quantitative estimate of drug-likeness (QED) is 0.866. The van der Waals surface area contributed by atoms with Gasteiger partial charge in [0, 0.05) is 12.6 Å². The van der Waals surface area contributed by atoms with Crippen LogP contribution in [0.4, 0.5) is 0 Å². The van der Waals surface area contributed by atoms with Gasteiger partial charge in [-0.25, -0.2) is 4.79 Å². The van der Waals surface area contributed by atoms with Crippen LogP contribution < -0.4 is 4.74 Å². The summed E-state index contributed by atoms with van der Waals surface area (Å²) in [5.74, 6) is -0.0131. The fourth-order valence-corrected chi connectivity index (χ4v) is 3.54. The Labute approximate surface area is 153 Å². The number of para-hydroxylation sites is 1. The summed E-state index contributed by atoms with van der Waals surface area (Å²) < 4.78 is 5.43. The lowest BCUT2D eigenvalue weighted by molar-refractivity contribution is -0.131. The van der Waals surface area contributed by atoms with Crippen LogP contribution in [0.3, 0.4) is 0 Å². The molecule has 2 aromatic carbocycles. The van der Waals surface area contributed by atoms with Gasteiger partial charge in [-0.1, -0.05) is 30.3 Å². The Morgan fingerprint density at radius 3 is 2.58 bits per heavy atom. The molecule has 5 heteroatoms. The minimum Gasteiger partial charge on any atom is -0.496 e. The lowest BCUT2D eigenvalue weighted by Gasteiger charge is -2.25. The van der Waals surface area contributed by atoms with E-state index >= 15 is 0 Å². The number of aromatic carboxylic acids is 1. The number of amides is 1. The number of carboxylic acids is 1. The highest BCUT2D eigenvalue weighted by Gasteiger charge is 2.29. The van der Waals surface area contributed by atoms with Crippen molar-refractivity contribution in [2.45, 2.75) is 31.7 Å². The maximum absolute atomic E-state index is 12.8. The number of rotatable bonds is 6. The van der Waals surface area contributed by atoms with Gasteiger partial charge in [0.15, 0.2) is 0 Å². The first-order valence-corrected chi connectivity index (χ1v) is 8.82. The van der Waals surface area contributed by atoms with Gasteiger partial charge in [0.1, 0.15) is 5.75 Å². The van der Waals surface area contributed by atoms with Crippen molar-refractivity contribution in [1.29, 1.82) is 0 Å². The molecule has 26 heavy (non-hydrogen) atoms. The molecule has 1 amide bonds. The van der Waals surface area contributed by atoms with Crippen LogP contribution in [0, 0.1) is 0 Å². The SMILES string of the molecule is COc1ccccc1CC1CCCN1C(=O)Cc1ccc(C(=O)O)cc1. The van der Waals surface area contributed by atoms with E-state index in [1.54, 1.807) is 31.4 Å². The standard InChI is InChI=1S/C21H23NO4/c1-26-19-7-3-2-5-17(19)14-18-6-4-12-22(18)20(23)13-15-8-10-16(11-9-15)21(24)25/h2-3,5,7-11,18H,4,6,12-14H2,1H3,(H,24,25). The van der Waals surface area contributed by atoms with E-state index in [9.17, 15) is 9.59 Å². The van der Waals surface area contributed by atoms with E-state index in [1.165, 1.54) is 0 Å². The average molecular weight is 353 g/mol. The van der Waals surface area contributed by atoms with Crippen LogP contribution in [-0.4, -0.2) is 41.6 Å². The third-order valence-electron chi connectivity index (χ3n) is 4.90. The summed E-state index contributed by atoms with van der Waals surface area (Å²) in [5.41, 5.74) is 2.19. The summed E-state index contributed by atoms with van der Waals surface area (Å²) >= 11 is 0. The summed E-state index contributed by atoms with van der Waals surface area (Å²) in [5, 5.41) is 8.96. The van der Waals surface area contributed by atoms with E-state index in [2.05, 4.69) is 0 Å². The van der Waals surface area contributed by atoms with Gasteiger partial charge in [-0.2, -0.15) is 0 Å². The highest BCUT2D eigenvalue weighted by molar-refractivity contribution is 5.87. The summed E-state index contributed by atoms with van der Waals surface area (Å²) in [7, 11) is 1.66. The van der Waals surface area contributed by atoms with E-state index in [4.69, 9.17) is 9.84 Å². The number of carbonyl (C=O) groups is 2. The van der Waals surface area contributed by atoms with Crippen molar-refractivity contribution >= 4 is 11.9 Å². The van der Waals surface area contributed by atoms with Crippen LogP contribution in [0.25, 0.3) is 0 Å². The van der Waals surface area contributed by atoms with E-state index < -0.39 is 5.97 Å². The molecule has 1 unspecified atom stereocenters. The maximum Gasteiger partial charge on any atom is 0.335 e. The number of benzene rings is 2. The molecule has 0 bridgehead atoms. The minimum atomic E-state index is -0.959. The zero-order chi connectivity index (χ0) is 18.5. The number of methoxy groups -OCH3 is 1. The molecule has 0 radical (unpaired) electrons. The van der Waals surface area contributed by atoms with Crippen LogP contribution in [0.5, 0.6) is 5.75 Å². The van der Waals surface area contributed by atoms with Crippen LogP contribution in [0.2, 0.25) is 0 Å². The van der Waals surface area contributed by atoms with Crippen LogP contribution in [0.1, 0.15) is 34.3 Å². The first kappa shape index (κ1) is 18.0. The fraction of sp³-hybridized carbons (Fsp3) is 0.333. The van der Waals surface area contributed by atoms with Crippen LogP contribution in [0.15, 0.2) is 48.5 Å². The van der Waals surface area contributed by atoms with Gasteiger partial charge in [0.25, 0.3) is 0 Å². The Kier molecular flexibility index (Phi) is 5.56. The summed E-state index contributed by atoms with van der Waals surface area (Å²) in [6.45, 7) is 0.770. The number of ether oxygens (including phenoxy) is 1. The molecule has 0 saturated carbocycles. The van der Waals surface area contributed by atoms with Gasteiger partial charge in [0.2, 0.25) is 5.91 Å². The third kappa shape index (κ3) is 4.04. The van der Waals surface area contributed by atoms with Crippen molar-refractivity contribution in [2.24, 2.45) is 0 Å². The molecule has 1 atom stereocenters. The Bertz CT molecular complexity index is 785. The zero-order valence-corrected chi connectivity index (χ0v) is 14.9. The molecule has 1 saturated heterocycles. The third-order valence-corrected chi connectivity index (χ3v) is 4.90. The molecule has 5 nitrogen and oxygen atoms in total. The van der Waals surface area contributed by atoms with Crippen molar-refractivity contribution < 1.29 is 19.4 Å². The second-order valence-electron chi connectivity index (χ2n) is 6.58. The molecule has 1 aliphatic heterocycles. The molecule has 0 aromatic heterocycles. The summed E-state index contributed by atoms with van der Waals surface area (Å²) in [4.78, 5) is 25.6. The van der Waals surface area contributed by atoms with Crippen molar-refractivity contribution in [2.75, 3.05) is 13.7 Å². The first-order chi connectivity index (χ1) is 12.6. The summed E-state index contributed by atoms with van der Waals surface area (Å²) in [6, 6.07) is 14.6. The largest absolute Gasteiger partial charge is 0.496 e. The lowest BCUT2D eigenvalue weighted by Crippen LogP contribution is -2.37. The maximum atomic E-state index is 12.8. The van der Waals surface area contributed by atoms with Gasteiger partial charge < -0.3 is 14.7 Å². The van der Waals surface area contributed by atoms with E-state index in [0.717, 1.165) is 42.7 Å². The number of likely N-dealkylation sites (tertiary alicyclic amines) is 1. The van der Waals surface area contributed by atoms with Gasteiger partial charge >= 0.3 is 5.97 Å². The minimum absolute atomic E-state index is 0.0884. The molecule has 1 aliphatic rings. The number of nitrogens with zero attached hydrogens (tertiary/aromatic N) is 1. The normalized spacial score (nSPS) is 16.5. The highest BCUT2D eigenvalue weighted by atomic mass is 16.5. The van der Waals surface area contributed by atoms with Crippen LogP contribution in [-0.2, 0) is 17.6 Å². The van der Waals surface area contributed by atoms with Crippen molar-refractivity contribution in [3.8, 4) is 5.75 Å². The Morgan fingerprint density at radius 1 is 1.15 bits per heavy atom. The summed E-state index contributed by atoms with van der Waals surface area (Å²) in [6.07, 6.45) is 3.07. The number of hydrogen-bond donors (Lipinski definition) is 1. The molecule has 3 rings (SSSR count). The Hall–Kier alpha value is -2.82. The predicted octanol–water partition coefficient (Wildman–Crippen LogP) is 3.17. The average Bonchev–Trinajstić information content (AvgIpc) is 3.11. The first-order valence-electron chi connectivity index (χ1n) is 8.82. The zero-order valence-electron chi connectivity index (χ0n) is 14.9. The molecule has 2 aromatic rings. The number of carboxylic acid groups (broad SMARTS) is 1. The van der Waals surface area contributed by atoms with E-state index in [0.29, 0.717) is 6.42 Å². The second kappa shape index (κ2) is 8.04. The molecule has 1 heterocycles. The lowest BCUT2D eigenvalue weighted by atomic mass is 10.0. The second-order valence-corrected chi connectivity index (χ2v) is 6.58. The highest BCUT2D eigenvalue weighted by Crippen LogP contribution is 2.26. The molecular weight excluding hydrogens is 330 g/mol. The Balaban J connectivity index is 1.67. The Morgan fingerprint density at radius 2 is 1.88 bits per heavy atom. The molecule has 1 fully saturated rings.